The lowest BCUT2D eigenvalue weighted by molar-refractivity contribution is 0.0365. The summed E-state index contributed by atoms with van der Waals surface area (Å²) < 4.78 is 1.21. The van der Waals surface area contributed by atoms with Crippen molar-refractivity contribution in [2.75, 3.05) is 33.2 Å². The van der Waals surface area contributed by atoms with Crippen molar-refractivity contribution in [3.8, 4) is 0 Å². The van der Waals surface area contributed by atoms with E-state index in [1.165, 1.54) is 41.8 Å². The number of hydrogen-bond donors (Lipinski definition) is 1. The largest absolute Gasteiger partial charge is 0.329 e. The highest BCUT2D eigenvalue weighted by Gasteiger charge is 2.36. The lowest BCUT2D eigenvalue weighted by Crippen LogP contribution is -2.58. The number of nitrogens with zero attached hydrogens (tertiary/aromatic N) is 2. The van der Waals surface area contributed by atoms with Crippen LogP contribution in [0, 0.1) is 5.92 Å². The number of halogens is 1. The van der Waals surface area contributed by atoms with Gasteiger partial charge in [0.25, 0.3) is 0 Å². The van der Waals surface area contributed by atoms with Gasteiger partial charge in [0.05, 0.1) is 3.79 Å². The van der Waals surface area contributed by atoms with Gasteiger partial charge in [0.15, 0.2) is 0 Å². The Labute approximate surface area is 141 Å². The summed E-state index contributed by atoms with van der Waals surface area (Å²) in [4.78, 5) is 5.07. The Morgan fingerprint density at radius 3 is 2.57 bits per heavy atom. The number of thiophene rings is 1. The summed E-state index contributed by atoms with van der Waals surface area (Å²) in [5.74, 6) is 0.747. The van der Waals surface area contributed by atoms with Crippen LogP contribution >= 0.6 is 27.3 Å². The topological polar surface area (TPSA) is 32.5 Å². The summed E-state index contributed by atoms with van der Waals surface area (Å²) in [5.41, 5.74) is 7.73. The summed E-state index contributed by atoms with van der Waals surface area (Å²) in [5, 5.41) is 2.23. The van der Waals surface area contributed by atoms with E-state index in [1.54, 1.807) is 11.3 Å². The number of piperidine rings is 1. The van der Waals surface area contributed by atoms with Gasteiger partial charge in [-0.3, -0.25) is 4.90 Å². The van der Waals surface area contributed by atoms with Crippen LogP contribution in [0.25, 0.3) is 0 Å². The summed E-state index contributed by atoms with van der Waals surface area (Å²) in [7, 11) is 2.23. The average Bonchev–Trinajstić information content (AvgIpc) is 2.84. The second kappa shape index (κ2) is 7.55. The molecule has 0 atom stereocenters. The van der Waals surface area contributed by atoms with Gasteiger partial charge in [0.1, 0.15) is 0 Å². The summed E-state index contributed by atoms with van der Waals surface area (Å²) >= 11 is 5.31. The molecule has 2 N–H and O–H groups in total. The molecule has 1 aromatic rings. The van der Waals surface area contributed by atoms with E-state index in [9.17, 15) is 0 Å². The molecule has 2 rings (SSSR count). The maximum absolute atomic E-state index is 6.18. The molecule has 0 amide bonds. The molecule has 0 unspecified atom stereocenters. The highest BCUT2D eigenvalue weighted by Crippen LogP contribution is 2.30. The molecule has 0 aliphatic carbocycles. The predicted octanol–water partition coefficient (Wildman–Crippen LogP) is 3.39. The van der Waals surface area contributed by atoms with Crippen LogP contribution in [-0.2, 0) is 6.54 Å². The molecular weight excluding hydrogens is 346 g/mol. The lowest BCUT2D eigenvalue weighted by Gasteiger charge is -2.47. The second-order valence-electron chi connectivity index (χ2n) is 6.74. The number of nitrogens with two attached hydrogens (primary N) is 1. The normalized spacial score (nSPS) is 19.6. The summed E-state index contributed by atoms with van der Waals surface area (Å²) in [6, 6.07) is 2.22. The third-order valence-electron chi connectivity index (χ3n) is 4.64. The van der Waals surface area contributed by atoms with Crippen molar-refractivity contribution in [2.45, 2.75) is 38.8 Å². The molecule has 21 heavy (non-hydrogen) atoms. The fourth-order valence-electron chi connectivity index (χ4n) is 3.28. The molecule has 1 fully saturated rings. The molecule has 0 saturated carbocycles. The molecule has 0 bridgehead atoms. The smallest absolute Gasteiger partial charge is 0.0701 e. The van der Waals surface area contributed by atoms with Crippen molar-refractivity contribution >= 4 is 27.3 Å². The van der Waals surface area contributed by atoms with E-state index in [0.29, 0.717) is 0 Å². The van der Waals surface area contributed by atoms with Crippen LogP contribution in [0.15, 0.2) is 15.2 Å². The van der Waals surface area contributed by atoms with E-state index in [4.69, 9.17) is 5.73 Å². The van der Waals surface area contributed by atoms with Crippen molar-refractivity contribution in [2.24, 2.45) is 11.7 Å². The number of likely N-dealkylation sites (tertiary alicyclic amines) is 1. The monoisotopic (exact) mass is 373 g/mol. The van der Waals surface area contributed by atoms with Gasteiger partial charge in [0, 0.05) is 25.2 Å². The van der Waals surface area contributed by atoms with E-state index in [1.807, 2.05) is 0 Å². The van der Waals surface area contributed by atoms with Crippen LogP contribution in [0.5, 0.6) is 0 Å². The Morgan fingerprint density at radius 2 is 2.10 bits per heavy atom. The second-order valence-corrected chi connectivity index (χ2v) is 9.03. The Bertz CT molecular complexity index is 438. The van der Waals surface area contributed by atoms with Crippen molar-refractivity contribution in [3.05, 3.63) is 20.8 Å². The first kappa shape index (κ1) is 17.4. The first-order valence-corrected chi connectivity index (χ1v) is 9.49. The average molecular weight is 374 g/mol. The first-order valence-electron chi connectivity index (χ1n) is 7.82. The molecule has 1 aliphatic rings. The molecule has 120 valence electrons. The van der Waals surface area contributed by atoms with Gasteiger partial charge in [-0.1, -0.05) is 13.8 Å². The first-order chi connectivity index (χ1) is 9.95. The minimum atomic E-state index is 0.169. The quantitative estimate of drug-likeness (QED) is 0.829. The Kier molecular flexibility index (Phi) is 6.26. The molecule has 0 spiro atoms. The highest BCUT2D eigenvalue weighted by molar-refractivity contribution is 9.11. The van der Waals surface area contributed by atoms with Crippen LogP contribution < -0.4 is 5.73 Å². The number of rotatable bonds is 6. The van der Waals surface area contributed by atoms with Gasteiger partial charge < -0.3 is 10.6 Å². The van der Waals surface area contributed by atoms with E-state index in [2.05, 4.69) is 58.1 Å². The molecule has 2 heterocycles. The zero-order chi connectivity index (χ0) is 15.5. The molecule has 0 aromatic carbocycles. The Hall–Kier alpha value is 0.0600. The van der Waals surface area contributed by atoms with Gasteiger partial charge in [-0.15, -0.1) is 11.3 Å². The molecule has 1 aliphatic heterocycles. The molecule has 3 nitrogen and oxygen atoms in total. The Morgan fingerprint density at radius 1 is 1.43 bits per heavy atom. The minimum Gasteiger partial charge on any atom is -0.329 e. The molecule has 0 radical (unpaired) electrons. The van der Waals surface area contributed by atoms with Crippen molar-refractivity contribution in [1.82, 2.24) is 9.80 Å². The predicted molar refractivity (Wildman–Crippen MR) is 95.8 cm³/mol. The van der Waals surface area contributed by atoms with Crippen molar-refractivity contribution in [1.29, 1.82) is 0 Å². The van der Waals surface area contributed by atoms with E-state index in [0.717, 1.165) is 19.0 Å². The minimum absolute atomic E-state index is 0.169. The van der Waals surface area contributed by atoms with Crippen LogP contribution in [0.4, 0.5) is 0 Å². The SMILES string of the molecule is CC(C)CN1CCC(CN)(N(C)Cc2csc(Br)c2)CC1. The summed E-state index contributed by atoms with van der Waals surface area (Å²) in [6.45, 7) is 9.90. The van der Waals surface area contributed by atoms with E-state index in [-0.39, 0.29) is 5.54 Å². The lowest BCUT2D eigenvalue weighted by atomic mass is 9.85. The fourth-order valence-corrected chi connectivity index (χ4v) is 4.48. The van der Waals surface area contributed by atoms with Crippen LogP contribution in [-0.4, -0.2) is 48.6 Å². The van der Waals surface area contributed by atoms with Gasteiger partial charge in [-0.2, -0.15) is 0 Å². The van der Waals surface area contributed by atoms with E-state index >= 15 is 0 Å². The highest BCUT2D eigenvalue weighted by atomic mass is 79.9. The van der Waals surface area contributed by atoms with Crippen LogP contribution in [0.1, 0.15) is 32.3 Å². The maximum atomic E-state index is 6.18. The number of hydrogen-bond acceptors (Lipinski definition) is 4. The third-order valence-corrected chi connectivity index (χ3v) is 6.19. The van der Waals surface area contributed by atoms with Gasteiger partial charge in [-0.05, 0) is 71.8 Å². The third kappa shape index (κ3) is 4.52. The van der Waals surface area contributed by atoms with Crippen molar-refractivity contribution in [3.63, 3.8) is 0 Å². The van der Waals surface area contributed by atoms with Crippen molar-refractivity contribution < 1.29 is 0 Å². The standard InChI is InChI=1S/C16H28BrN3S/c1-13(2)9-20-6-4-16(12-18,5-7-20)19(3)10-14-8-15(17)21-11-14/h8,11,13H,4-7,9-10,12,18H2,1-3H3. The van der Waals surface area contributed by atoms with Crippen LogP contribution in [0.2, 0.25) is 0 Å². The summed E-state index contributed by atoms with van der Waals surface area (Å²) in [6.07, 6.45) is 2.36. The zero-order valence-electron chi connectivity index (χ0n) is 13.4. The molecule has 1 aromatic heterocycles. The van der Waals surface area contributed by atoms with Gasteiger partial charge in [-0.25, -0.2) is 0 Å². The molecule has 5 heteroatoms. The van der Waals surface area contributed by atoms with Gasteiger partial charge in [0.2, 0.25) is 0 Å². The Balaban J connectivity index is 1.95. The van der Waals surface area contributed by atoms with Crippen LogP contribution in [0.3, 0.4) is 0 Å². The molecular formula is C16H28BrN3S. The zero-order valence-corrected chi connectivity index (χ0v) is 15.8. The fraction of sp³-hybridized carbons (Fsp3) is 0.750. The maximum Gasteiger partial charge on any atom is 0.0701 e. The van der Waals surface area contributed by atoms with E-state index < -0.39 is 0 Å². The van der Waals surface area contributed by atoms with Gasteiger partial charge >= 0.3 is 0 Å². The number of likely N-dealkylation sites (N-methyl/N-ethyl adjacent to an activating group) is 1. The molecule has 1 saturated heterocycles.